The summed E-state index contributed by atoms with van der Waals surface area (Å²) in [5, 5.41) is 0.350. The molecular weight excluding hydrogens is 583 g/mol. The van der Waals surface area contributed by atoms with Gasteiger partial charge in [0.05, 0.1) is 51.0 Å². The molecule has 13 heteroatoms. The number of sulfonamides is 1. The molecule has 0 aromatic heterocycles. The van der Waals surface area contributed by atoms with Gasteiger partial charge in [-0.05, 0) is 42.2 Å². The van der Waals surface area contributed by atoms with E-state index < -0.39 is 39.8 Å². The number of allylic oxidation sites excluding steroid dienone is 1. The van der Waals surface area contributed by atoms with Gasteiger partial charge in [-0.25, -0.2) is 13.2 Å². The maximum atomic E-state index is 13.3. The summed E-state index contributed by atoms with van der Waals surface area (Å²) in [7, 11) is -0.0104. The first-order valence-corrected chi connectivity index (χ1v) is 14.6. The molecule has 1 aliphatic heterocycles. The lowest BCUT2D eigenvalue weighted by Gasteiger charge is -2.33. The summed E-state index contributed by atoms with van der Waals surface area (Å²) in [6.45, 7) is 0. The van der Waals surface area contributed by atoms with Crippen LogP contribution in [0.4, 0.5) is 5.69 Å². The van der Waals surface area contributed by atoms with Gasteiger partial charge in [-0.15, -0.1) is 0 Å². The summed E-state index contributed by atoms with van der Waals surface area (Å²) < 4.78 is 41.2. The van der Waals surface area contributed by atoms with Gasteiger partial charge < -0.3 is 14.2 Å². The van der Waals surface area contributed by atoms with Gasteiger partial charge in [-0.2, -0.15) is 0 Å². The zero-order valence-electron chi connectivity index (χ0n) is 22.2. The molecule has 0 saturated heterocycles. The van der Waals surface area contributed by atoms with Gasteiger partial charge in [-0.1, -0.05) is 47.5 Å². The van der Waals surface area contributed by atoms with Gasteiger partial charge in [0.25, 0.3) is 0 Å². The number of aliphatic imine (C=N–C) groups is 1. The molecular formula is C27H28Cl2N2O8S. The predicted octanol–water partition coefficient (Wildman–Crippen LogP) is 4.32. The fraction of sp³-hybridized carbons (Fsp3) is 0.333. The van der Waals surface area contributed by atoms with Crippen molar-refractivity contribution in [3.63, 3.8) is 0 Å². The van der Waals surface area contributed by atoms with Crippen molar-refractivity contribution in [1.29, 1.82) is 0 Å². The van der Waals surface area contributed by atoms with Crippen LogP contribution in [0, 0.1) is 5.92 Å². The molecule has 0 fully saturated rings. The summed E-state index contributed by atoms with van der Waals surface area (Å²) in [5.41, 5.74) is 1.55. The van der Waals surface area contributed by atoms with Crippen molar-refractivity contribution >= 4 is 62.5 Å². The molecule has 2 aromatic rings. The maximum absolute atomic E-state index is 13.3. The normalized spacial score (nSPS) is 17.1. The molecule has 0 amide bonds. The van der Waals surface area contributed by atoms with Gasteiger partial charge in [0.15, 0.2) is 0 Å². The Kier molecular flexibility index (Phi) is 10.3. The van der Waals surface area contributed by atoms with E-state index in [9.17, 15) is 22.8 Å². The van der Waals surface area contributed by atoms with Crippen molar-refractivity contribution < 1.29 is 37.0 Å². The molecule has 1 N–H and O–H groups in total. The number of nitrogens with zero attached hydrogens (tertiary/aromatic N) is 1. The first kappa shape index (κ1) is 31.1. The molecule has 10 nitrogen and oxygen atoms in total. The molecule has 0 radical (unpaired) electrons. The van der Waals surface area contributed by atoms with E-state index in [-0.39, 0.29) is 51.9 Å². The number of nitrogens with one attached hydrogen (secondary N) is 1. The quantitative estimate of drug-likeness (QED) is 0.310. The Morgan fingerprint density at radius 2 is 1.57 bits per heavy atom. The van der Waals surface area contributed by atoms with Gasteiger partial charge in [0.1, 0.15) is 5.92 Å². The average molecular weight is 612 g/mol. The third kappa shape index (κ3) is 7.21. The van der Waals surface area contributed by atoms with Crippen LogP contribution in [0.1, 0.15) is 29.9 Å². The highest BCUT2D eigenvalue weighted by molar-refractivity contribution is 7.92. The lowest BCUT2D eigenvalue weighted by Crippen LogP contribution is -2.38. The van der Waals surface area contributed by atoms with Gasteiger partial charge >= 0.3 is 17.9 Å². The number of carbonyl (C=O) groups excluding carboxylic acids is 3. The van der Waals surface area contributed by atoms with Crippen molar-refractivity contribution in [3.05, 3.63) is 74.9 Å². The zero-order valence-corrected chi connectivity index (χ0v) is 24.5. The zero-order chi connectivity index (χ0) is 29.6. The van der Waals surface area contributed by atoms with E-state index in [1.54, 1.807) is 42.5 Å². The van der Waals surface area contributed by atoms with Crippen LogP contribution in [0.25, 0.3) is 0 Å². The fourth-order valence-electron chi connectivity index (χ4n) is 4.57. The van der Waals surface area contributed by atoms with Crippen molar-refractivity contribution in [1.82, 2.24) is 0 Å². The third-order valence-electron chi connectivity index (χ3n) is 6.26. The number of rotatable bonds is 10. The summed E-state index contributed by atoms with van der Waals surface area (Å²) in [4.78, 5) is 43.5. The number of esters is 3. The Hall–Kier alpha value is -3.41. The van der Waals surface area contributed by atoms with Crippen LogP contribution in [-0.2, 0) is 45.0 Å². The van der Waals surface area contributed by atoms with Crippen LogP contribution in [0.3, 0.4) is 0 Å². The van der Waals surface area contributed by atoms with Crippen LogP contribution < -0.4 is 4.72 Å². The van der Waals surface area contributed by atoms with Crippen LogP contribution >= 0.6 is 23.2 Å². The Bertz CT molecular complexity index is 1470. The monoisotopic (exact) mass is 610 g/mol. The first-order valence-electron chi connectivity index (χ1n) is 11.9. The Morgan fingerprint density at radius 3 is 2.15 bits per heavy atom. The molecule has 2 aromatic carbocycles. The first-order chi connectivity index (χ1) is 18.9. The standard InChI is InChI=1S/C27H28Cl2N2O8S/c1-37-21(32)14-20-24(27(34)39-3)25(22-16(28)9-7-10-17(22)29)23(26(33)38-2)19(30-20)13-12-15-8-5-6-11-18(15)31-40(4,35)36/h5-11,24-25,31H,12-14H2,1-4H3. The minimum Gasteiger partial charge on any atom is -0.469 e. The van der Waals surface area contributed by atoms with Crippen molar-refractivity contribution in [3.8, 4) is 0 Å². The van der Waals surface area contributed by atoms with E-state index in [4.69, 9.17) is 37.4 Å². The van der Waals surface area contributed by atoms with Crippen LogP contribution in [0.5, 0.6) is 0 Å². The summed E-state index contributed by atoms with van der Waals surface area (Å²) in [6, 6.07) is 11.5. The molecule has 1 aliphatic rings. The second-order valence-electron chi connectivity index (χ2n) is 8.85. The fourth-order valence-corrected chi connectivity index (χ4v) is 5.80. The smallest absolute Gasteiger partial charge is 0.336 e. The summed E-state index contributed by atoms with van der Waals surface area (Å²) in [6.07, 6.45) is 0.996. The van der Waals surface area contributed by atoms with Crippen molar-refractivity contribution in [2.45, 2.75) is 25.2 Å². The van der Waals surface area contributed by atoms with Crippen LogP contribution in [0.2, 0.25) is 10.0 Å². The Labute approximate surface area is 242 Å². The molecule has 0 spiro atoms. The van der Waals surface area contributed by atoms with E-state index in [0.29, 0.717) is 11.3 Å². The second kappa shape index (κ2) is 13.3. The third-order valence-corrected chi connectivity index (χ3v) is 7.51. The van der Waals surface area contributed by atoms with E-state index in [0.717, 1.165) is 6.26 Å². The van der Waals surface area contributed by atoms with E-state index in [1.165, 1.54) is 21.3 Å². The number of anilines is 1. The molecule has 3 rings (SSSR count). The topological polar surface area (TPSA) is 137 Å². The predicted molar refractivity (Wildman–Crippen MR) is 151 cm³/mol. The van der Waals surface area contributed by atoms with Crippen LogP contribution in [-0.4, -0.2) is 59.6 Å². The van der Waals surface area contributed by atoms with Gasteiger partial charge in [-0.3, -0.25) is 19.3 Å². The minimum absolute atomic E-state index is 0.00932. The number of ether oxygens (including phenoxy) is 3. The number of para-hydroxylation sites is 1. The molecule has 2 unspecified atom stereocenters. The average Bonchev–Trinajstić information content (AvgIpc) is 2.90. The largest absolute Gasteiger partial charge is 0.469 e. The van der Waals surface area contributed by atoms with Gasteiger partial charge in [0, 0.05) is 21.7 Å². The number of methoxy groups -OCH3 is 3. The molecule has 2 atom stereocenters. The Morgan fingerprint density at radius 1 is 0.925 bits per heavy atom. The maximum Gasteiger partial charge on any atom is 0.336 e. The number of aryl methyl sites for hydroxylation is 1. The van der Waals surface area contributed by atoms with Crippen molar-refractivity contribution in [2.24, 2.45) is 10.9 Å². The SMILES string of the molecule is COC(=O)CC1=NC(CCc2ccccc2NS(C)(=O)=O)=C(C(=O)OC)C(c2c(Cl)cccc2Cl)C1C(=O)OC. The number of benzene rings is 2. The second-order valence-corrected chi connectivity index (χ2v) is 11.4. The highest BCUT2D eigenvalue weighted by Crippen LogP contribution is 2.46. The number of carbonyl (C=O) groups is 3. The highest BCUT2D eigenvalue weighted by Gasteiger charge is 2.46. The van der Waals surface area contributed by atoms with E-state index >= 15 is 0 Å². The molecule has 40 heavy (non-hydrogen) atoms. The minimum atomic E-state index is -3.57. The van der Waals surface area contributed by atoms with E-state index in [2.05, 4.69) is 9.71 Å². The lowest BCUT2D eigenvalue weighted by atomic mass is 9.74. The summed E-state index contributed by atoms with van der Waals surface area (Å²) in [5.74, 6) is -4.59. The lowest BCUT2D eigenvalue weighted by molar-refractivity contribution is -0.143. The molecule has 214 valence electrons. The van der Waals surface area contributed by atoms with Crippen LogP contribution in [0.15, 0.2) is 58.7 Å². The molecule has 0 bridgehead atoms. The van der Waals surface area contributed by atoms with E-state index in [1.807, 2.05) is 0 Å². The molecule has 0 saturated carbocycles. The van der Waals surface area contributed by atoms with Gasteiger partial charge in [0.2, 0.25) is 10.0 Å². The Balaban J connectivity index is 2.26. The number of hydrogen-bond acceptors (Lipinski definition) is 9. The highest BCUT2D eigenvalue weighted by atomic mass is 35.5. The molecule has 0 aliphatic carbocycles. The summed E-state index contributed by atoms with van der Waals surface area (Å²) >= 11 is 13.1. The molecule has 1 heterocycles. The number of hydrogen-bond donors (Lipinski definition) is 1. The van der Waals surface area contributed by atoms with Crippen molar-refractivity contribution in [2.75, 3.05) is 32.3 Å². The number of halogens is 2.